The summed E-state index contributed by atoms with van der Waals surface area (Å²) in [5, 5.41) is 6.18. The highest BCUT2D eigenvalue weighted by molar-refractivity contribution is 6.02. The van der Waals surface area contributed by atoms with Gasteiger partial charge in [-0.15, -0.1) is 0 Å². The van der Waals surface area contributed by atoms with E-state index in [4.69, 9.17) is 5.73 Å². The molecule has 23 heavy (non-hydrogen) atoms. The Hall–Kier alpha value is -3.27. The van der Waals surface area contributed by atoms with Gasteiger partial charge in [-0.1, -0.05) is 36.4 Å². The predicted molar refractivity (Wildman–Crippen MR) is 93.7 cm³/mol. The number of nitrogens with two attached hydrogens (primary N) is 1. The summed E-state index contributed by atoms with van der Waals surface area (Å²) >= 11 is 0. The highest BCUT2D eigenvalue weighted by Gasteiger charge is 2.17. The molecule has 3 rings (SSSR count). The van der Waals surface area contributed by atoms with E-state index in [-0.39, 0.29) is 0 Å². The van der Waals surface area contributed by atoms with Crippen molar-refractivity contribution in [3.05, 3.63) is 96.1 Å². The molecule has 114 valence electrons. The lowest BCUT2D eigenvalue weighted by Gasteiger charge is -2.15. The van der Waals surface area contributed by atoms with Gasteiger partial charge in [0.1, 0.15) is 0 Å². The van der Waals surface area contributed by atoms with Crippen LogP contribution in [0.4, 0.5) is 0 Å². The quantitative estimate of drug-likeness (QED) is 0.804. The molecular formula is C19H17N3O. The predicted octanol–water partition coefficient (Wildman–Crippen LogP) is 2.81. The van der Waals surface area contributed by atoms with Gasteiger partial charge in [-0.2, -0.15) is 0 Å². The fourth-order valence-electron chi connectivity index (χ4n) is 2.54. The normalized spacial score (nSPS) is 15.8. The number of benzene rings is 1. The van der Waals surface area contributed by atoms with Gasteiger partial charge in [-0.05, 0) is 34.9 Å². The van der Waals surface area contributed by atoms with Crippen molar-refractivity contribution in [3.63, 3.8) is 0 Å². The van der Waals surface area contributed by atoms with Crippen LogP contribution >= 0.6 is 0 Å². The number of hydrogen-bond acceptors (Lipinski definition) is 3. The first-order valence-corrected chi connectivity index (χ1v) is 7.30. The van der Waals surface area contributed by atoms with Crippen LogP contribution in [0.15, 0.2) is 79.5 Å². The third kappa shape index (κ3) is 3.16. The molecule has 2 heterocycles. The Kier molecular flexibility index (Phi) is 4.25. The minimum absolute atomic E-state index is 0.447. The summed E-state index contributed by atoms with van der Waals surface area (Å²) in [4.78, 5) is 11.9. The number of carbonyl (C=O) groups is 1. The molecule has 1 amide bonds. The van der Waals surface area contributed by atoms with Gasteiger partial charge >= 0.3 is 0 Å². The van der Waals surface area contributed by atoms with Crippen LogP contribution in [0.5, 0.6) is 0 Å². The number of carbonyl (C=O) groups excluding carboxylic acids is 1. The Labute approximate surface area is 135 Å². The average Bonchev–Trinajstić information content (AvgIpc) is 2.99. The largest absolute Gasteiger partial charge is 0.367 e. The summed E-state index contributed by atoms with van der Waals surface area (Å²) in [5.41, 5.74) is 9.71. The number of allylic oxidation sites excluding steroid dienone is 8. The van der Waals surface area contributed by atoms with Gasteiger partial charge in [0, 0.05) is 35.9 Å². The minimum Gasteiger partial charge on any atom is -0.367 e. The molecule has 4 nitrogen and oxygen atoms in total. The second-order valence-electron chi connectivity index (χ2n) is 5.06. The zero-order chi connectivity index (χ0) is 16.1. The molecule has 0 radical (unpaired) electrons. The molecule has 0 saturated heterocycles. The maximum Gasteiger partial charge on any atom is 0.249 e. The van der Waals surface area contributed by atoms with Crippen molar-refractivity contribution in [3.8, 4) is 0 Å². The Morgan fingerprint density at radius 2 is 1.52 bits per heavy atom. The summed E-state index contributed by atoms with van der Waals surface area (Å²) in [6.45, 7) is 0. The molecule has 0 aromatic heterocycles. The molecule has 0 fully saturated rings. The molecule has 0 atom stereocenters. The number of primary amides is 1. The molecule has 0 aliphatic carbocycles. The second kappa shape index (κ2) is 6.66. The van der Waals surface area contributed by atoms with Gasteiger partial charge in [0.25, 0.3) is 0 Å². The van der Waals surface area contributed by atoms with Crippen LogP contribution in [-0.4, -0.2) is 5.91 Å². The summed E-state index contributed by atoms with van der Waals surface area (Å²) in [5.74, 6) is -0.447. The maximum atomic E-state index is 11.9. The van der Waals surface area contributed by atoms with E-state index < -0.39 is 5.91 Å². The van der Waals surface area contributed by atoms with Crippen molar-refractivity contribution in [1.82, 2.24) is 10.6 Å². The maximum absolute atomic E-state index is 11.9. The topological polar surface area (TPSA) is 67.2 Å². The van der Waals surface area contributed by atoms with E-state index in [0.29, 0.717) is 5.56 Å². The van der Waals surface area contributed by atoms with E-state index in [0.717, 1.165) is 22.3 Å². The molecule has 1 aromatic rings. The summed E-state index contributed by atoms with van der Waals surface area (Å²) in [6.07, 6.45) is 19.1. The van der Waals surface area contributed by atoms with Crippen LogP contribution in [-0.2, 0) is 0 Å². The summed E-state index contributed by atoms with van der Waals surface area (Å²) in [7, 11) is 0. The minimum atomic E-state index is -0.447. The van der Waals surface area contributed by atoms with E-state index in [1.807, 2.05) is 73.4 Å². The van der Waals surface area contributed by atoms with Gasteiger partial charge in [-0.3, -0.25) is 4.79 Å². The van der Waals surface area contributed by atoms with Crippen LogP contribution in [0, 0.1) is 0 Å². The van der Waals surface area contributed by atoms with Gasteiger partial charge in [0.15, 0.2) is 0 Å². The van der Waals surface area contributed by atoms with Gasteiger partial charge in [0.2, 0.25) is 5.91 Å². The number of hydrogen-bond donors (Lipinski definition) is 3. The molecule has 0 saturated carbocycles. The lowest BCUT2D eigenvalue weighted by Crippen LogP contribution is -2.15. The molecule has 4 N–H and O–H groups in total. The van der Waals surface area contributed by atoms with E-state index >= 15 is 0 Å². The Morgan fingerprint density at radius 3 is 2.22 bits per heavy atom. The van der Waals surface area contributed by atoms with Crippen molar-refractivity contribution in [2.45, 2.75) is 0 Å². The second-order valence-corrected chi connectivity index (χ2v) is 5.06. The van der Waals surface area contributed by atoms with Gasteiger partial charge < -0.3 is 16.4 Å². The average molecular weight is 303 g/mol. The molecule has 0 bridgehead atoms. The number of amides is 1. The van der Waals surface area contributed by atoms with Crippen LogP contribution in [0.25, 0.3) is 11.1 Å². The Balaban J connectivity index is 2.20. The molecule has 0 spiro atoms. The van der Waals surface area contributed by atoms with Gasteiger partial charge in [0.05, 0.1) is 0 Å². The molecule has 2 aliphatic rings. The third-order valence-corrected chi connectivity index (χ3v) is 3.57. The lowest BCUT2D eigenvalue weighted by molar-refractivity contribution is 0.1000. The third-order valence-electron chi connectivity index (χ3n) is 3.57. The van der Waals surface area contributed by atoms with Crippen LogP contribution < -0.4 is 16.4 Å². The van der Waals surface area contributed by atoms with Crippen molar-refractivity contribution in [1.29, 1.82) is 0 Å². The zero-order valence-corrected chi connectivity index (χ0v) is 12.5. The van der Waals surface area contributed by atoms with Gasteiger partial charge in [-0.25, -0.2) is 0 Å². The SMILES string of the molecule is NC(=O)c1cccc(C2=CNC=CC=C2)c1C1=CNC=CC=C1. The monoisotopic (exact) mass is 303 g/mol. The molecule has 4 heteroatoms. The van der Waals surface area contributed by atoms with E-state index in [1.54, 1.807) is 6.07 Å². The number of rotatable bonds is 3. The first kappa shape index (κ1) is 14.7. The van der Waals surface area contributed by atoms with E-state index in [2.05, 4.69) is 10.6 Å². The Bertz CT molecular complexity index is 808. The summed E-state index contributed by atoms with van der Waals surface area (Å²) < 4.78 is 0. The van der Waals surface area contributed by atoms with E-state index in [1.165, 1.54) is 0 Å². The van der Waals surface area contributed by atoms with Crippen molar-refractivity contribution >= 4 is 17.1 Å². The Morgan fingerprint density at radius 1 is 0.870 bits per heavy atom. The van der Waals surface area contributed by atoms with Crippen molar-refractivity contribution in [2.75, 3.05) is 0 Å². The molecule has 2 aliphatic heterocycles. The fraction of sp³-hybridized carbons (Fsp3) is 0. The number of nitrogens with one attached hydrogen (secondary N) is 2. The fourth-order valence-corrected chi connectivity index (χ4v) is 2.54. The van der Waals surface area contributed by atoms with Crippen LogP contribution in [0.1, 0.15) is 21.5 Å². The van der Waals surface area contributed by atoms with Crippen molar-refractivity contribution in [2.24, 2.45) is 5.73 Å². The molecule has 1 aromatic carbocycles. The summed E-state index contributed by atoms with van der Waals surface area (Å²) in [6, 6.07) is 5.58. The smallest absolute Gasteiger partial charge is 0.249 e. The van der Waals surface area contributed by atoms with Crippen LogP contribution in [0.2, 0.25) is 0 Å². The molecule has 0 unspecified atom stereocenters. The van der Waals surface area contributed by atoms with Crippen molar-refractivity contribution < 1.29 is 4.79 Å². The zero-order valence-electron chi connectivity index (χ0n) is 12.5. The highest BCUT2D eigenvalue weighted by Crippen LogP contribution is 2.30. The first-order valence-electron chi connectivity index (χ1n) is 7.30. The first-order chi connectivity index (χ1) is 11.3. The highest BCUT2D eigenvalue weighted by atomic mass is 16.1. The lowest BCUT2D eigenvalue weighted by atomic mass is 9.90. The standard InChI is InChI=1S/C19H17N3O/c20-19(23)17-9-5-8-16(14-6-1-3-10-21-12-14)18(17)15-7-2-4-11-22-13-15/h1-13,21-22H,(H2,20,23). The van der Waals surface area contributed by atoms with E-state index in [9.17, 15) is 4.79 Å². The molecular weight excluding hydrogens is 286 g/mol. The van der Waals surface area contributed by atoms with Crippen LogP contribution in [0.3, 0.4) is 0 Å².